The van der Waals surface area contributed by atoms with Crippen LogP contribution in [0.1, 0.15) is 18.1 Å². The summed E-state index contributed by atoms with van der Waals surface area (Å²) in [6.07, 6.45) is 0. The molecule has 1 heterocycles. The Morgan fingerprint density at radius 3 is 2.63 bits per heavy atom. The number of carbonyl (C=O) groups is 1. The van der Waals surface area contributed by atoms with E-state index in [2.05, 4.69) is 20.8 Å². The van der Waals surface area contributed by atoms with Gasteiger partial charge in [-0.25, -0.2) is 13.6 Å². The molecular formula is C19H21N5O3S3. The molecular weight excluding hydrogens is 442 g/mol. The largest absolute Gasteiger partial charge is 0.330 e. The first kappa shape index (κ1) is 22.2. The smallest absolute Gasteiger partial charge is 0.238 e. The summed E-state index contributed by atoms with van der Waals surface area (Å²) in [5.74, 6) is -0.286. The monoisotopic (exact) mass is 463 g/mol. The van der Waals surface area contributed by atoms with Crippen LogP contribution in [0.25, 0.3) is 0 Å². The van der Waals surface area contributed by atoms with E-state index in [4.69, 9.17) is 5.14 Å². The van der Waals surface area contributed by atoms with Crippen molar-refractivity contribution in [3.05, 3.63) is 53.6 Å². The summed E-state index contributed by atoms with van der Waals surface area (Å²) in [5.41, 5.74) is 3.63. The van der Waals surface area contributed by atoms with Crippen molar-refractivity contribution in [2.75, 3.05) is 10.6 Å². The Kier molecular flexibility index (Phi) is 6.76. The SMILES string of the molecule is Cc1cccc(Nc2nnc(SC(C)C(=O)Nc3cccc(S(N)(=O)=O)c3)s2)c1C. The number of rotatable bonds is 7. The molecule has 0 saturated carbocycles. The van der Waals surface area contributed by atoms with Gasteiger partial charge in [-0.15, -0.1) is 10.2 Å². The number of nitrogens with one attached hydrogen (secondary N) is 2. The Labute approximate surface area is 183 Å². The normalized spacial score (nSPS) is 12.4. The molecule has 1 unspecified atom stereocenters. The van der Waals surface area contributed by atoms with Gasteiger partial charge >= 0.3 is 0 Å². The summed E-state index contributed by atoms with van der Waals surface area (Å²) in [6, 6.07) is 11.8. The number of aryl methyl sites for hydroxylation is 1. The first-order chi connectivity index (χ1) is 14.1. The lowest BCUT2D eigenvalue weighted by Crippen LogP contribution is -2.22. The molecule has 4 N–H and O–H groups in total. The number of benzene rings is 2. The third kappa shape index (κ3) is 5.57. The first-order valence-electron chi connectivity index (χ1n) is 8.90. The van der Waals surface area contributed by atoms with Gasteiger partial charge in [0.25, 0.3) is 0 Å². The summed E-state index contributed by atoms with van der Waals surface area (Å²) in [4.78, 5) is 12.4. The van der Waals surface area contributed by atoms with Crippen LogP contribution in [0.3, 0.4) is 0 Å². The van der Waals surface area contributed by atoms with Gasteiger partial charge in [-0.2, -0.15) is 0 Å². The molecule has 3 aromatic rings. The molecule has 8 nitrogen and oxygen atoms in total. The first-order valence-corrected chi connectivity index (χ1v) is 12.1. The predicted octanol–water partition coefficient (Wildman–Crippen LogP) is 3.67. The van der Waals surface area contributed by atoms with Crippen LogP contribution in [0.15, 0.2) is 51.7 Å². The van der Waals surface area contributed by atoms with E-state index in [1.54, 1.807) is 13.0 Å². The zero-order valence-electron chi connectivity index (χ0n) is 16.5. The van der Waals surface area contributed by atoms with Crippen LogP contribution in [0, 0.1) is 13.8 Å². The fourth-order valence-electron chi connectivity index (χ4n) is 2.51. The Bertz CT molecular complexity index is 1180. The Morgan fingerprint density at radius 1 is 1.17 bits per heavy atom. The highest BCUT2D eigenvalue weighted by atomic mass is 32.2. The van der Waals surface area contributed by atoms with Gasteiger partial charge in [0.2, 0.25) is 21.1 Å². The topological polar surface area (TPSA) is 127 Å². The summed E-state index contributed by atoms with van der Waals surface area (Å²) in [6.45, 7) is 5.81. The summed E-state index contributed by atoms with van der Waals surface area (Å²) >= 11 is 2.62. The highest BCUT2D eigenvalue weighted by Crippen LogP contribution is 2.32. The van der Waals surface area contributed by atoms with Gasteiger partial charge in [-0.3, -0.25) is 4.79 Å². The number of hydrogen-bond acceptors (Lipinski definition) is 8. The Morgan fingerprint density at radius 2 is 1.90 bits per heavy atom. The van der Waals surface area contributed by atoms with Crippen molar-refractivity contribution in [2.45, 2.75) is 35.3 Å². The van der Waals surface area contributed by atoms with E-state index in [0.29, 0.717) is 15.2 Å². The number of amides is 1. The van der Waals surface area contributed by atoms with Crippen LogP contribution in [-0.2, 0) is 14.8 Å². The number of aromatic nitrogens is 2. The van der Waals surface area contributed by atoms with Crippen LogP contribution in [-0.4, -0.2) is 29.8 Å². The lowest BCUT2D eigenvalue weighted by atomic mass is 10.1. The van der Waals surface area contributed by atoms with Crippen molar-refractivity contribution in [3.8, 4) is 0 Å². The molecule has 0 aliphatic rings. The minimum atomic E-state index is -3.84. The average molecular weight is 464 g/mol. The quantitative estimate of drug-likeness (QED) is 0.456. The van der Waals surface area contributed by atoms with E-state index in [-0.39, 0.29) is 10.8 Å². The van der Waals surface area contributed by atoms with Crippen molar-refractivity contribution in [2.24, 2.45) is 5.14 Å². The highest BCUT2D eigenvalue weighted by Gasteiger charge is 2.18. The molecule has 158 valence electrons. The van der Waals surface area contributed by atoms with E-state index in [9.17, 15) is 13.2 Å². The molecule has 30 heavy (non-hydrogen) atoms. The highest BCUT2D eigenvalue weighted by molar-refractivity contribution is 8.02. The minimum absolute atomic E-state index is 0.0631. The molecule has 2 aromatic carbocycles. The number of anilines is 3. The molecule has 0 radical (unpaired) electrons. The molecule has 0 aliphatic carbocycles. The van der Waals surface area contributed by atoms with Crippen molar-refractivity contribution in [1.29, 1.82) is 0 Å². The Hall–Kier alpha value is -2.47. The number of nitrogens with two attached hydrogens (primary N) is 1. The second kappa shape index (κ2) is 9.13. The zero-order valence-corrected chi connectivity index (χ0v) is 19.0. The van der Waals surface area contributed by atoms with Crippen molar-refractivity contribution in [1.82, 2.24) is 10.2 Å². The molecule has 0 spiro atoms. The van der Waals surface area contributed by atoms with Crippen LogP contribution < -0.4 is 15.8 Å². The summed E-state index contributed by atoms with van der Waals surface area (Å²) < 4.78 is 23.6. The lowest BCUT2D eigenvalue weighted by molar-refractivity contribution is -0.115. The predicted molar refractivity (Wildman–Crippen MR) is 121 cm³/mol. The van der Waals surface area contributed by atoms with E-state index in [1.807, 2.05) is 32.0 Å². The fourth-order valence-corrected chi connectivity index (χ4v) is 4.98. The molecule has 1 amide bonds. The third-order valence-corrected chi connectivity index (χ3v) is 7.26. The fraction of sp³-hybridized carbons (Fsp3) is 0.211. The second-order valence-corrected chi connectivity index (χ2v) is 10.7. The number of nitrogens with zero attached hydrogens (tertiary/aromatic N) is 2. The van der Waals surface area contributed by atoms with Gasteiger partial charge in [-0.05, 0) is 56.2 Å². The zero-order chi connectivity index (χ0) is 21.9. The lowest BCUT2D eigenvalue weighted by Gasteiger charge is -2.11. The van der Waals surface area contributed by atoms with Gasteiger partial charge < -0.3 is 10.6 Å². The Balaban J connectivity index is 1.63. The number of primary sulfonamides is 1. The van der Waals surface area contributed by atoms with Crippen molar-refractivity contribution < 1.29 is 13.2 Å². The van der Waals surface area contributed by atoms with Crippen LogP contribution in [0.2, 0.25) is 0 Å². The average Bonchev–Trinajstić information content (AvgIpc) is 3.12. The van der Waals surface area contributed by atoms with Gasteiger partial charge in [0.15, 0.2) is 4.34 Å². The van der Waals surface area contributed by atoms with Gasteiger partial charge in [-0.1, -0.05) is 41.3 Å². The maximum atomic E-state index is 12.5. The van der Waals surface area contributed by atoms with Crippen LogP contribution in [0.4, 0.5) is 16.5 Å². The third-order valence-electron chi connectivity index (χ3n) is 4.33. The van der Waals surface area contributed by atoms with Crippen molar-refractivity contribution >= 4 is 55.5 Å². The van der Waals surface area contributed by atoms with E-state index in [1.165, 1.54) is 46.9 Å². The van der Waals surface area contributed by atoms with Crippen LogP contribution >= 0.6 is 23.1 Å². The molecule has 11 heteroatoms. The van der Waals surface area contributed by atoms with Gasteiger partial charge in [0.1, 0.15) is 0 Å². The van der Waals surface area contributed by atoms with Gasteiger partial charge in [0.05, 0.1) is 10.1 Å². The van der Waals surface area contributed by atoms with Crippen molar-refractivity contribution in [3.63, 3.8) is 0 Å². The molecule has 1 atom stereocenters. The molecule has 0 aliphatic heterocycles. The minimum Gasteiger partial charge on any atom is -0.330 e. The number of hydrogen-bond donors (Lipinski definition) is 3. The number of thioether (sulfide) groups is 1. The number of sulfonamides is 1. The summed E-state index contributed by atoms with van der Waals surface area (Å²) in [5, 5.41) is 19.5. The maximum Gasteiger partial charge on any atom is 0.238 e. The molecule has 3 rings (SSSR count). The van der Waals surface area contributed by atoms with E-state index >= 15 is 0 Å². The molecule has 1 aromatic heterocycles. The second-order valence-electron chi connectivity index (χ2n) is 6.57. The maximum absolute atomic E-state index is 12.5. The van der Waals surface area contributed by atoms with E-state index in [0.717, 1.165) is 11.3 Å². The standard InChI is InChI=1S/C19H21N5O3S3/c1-11-6-4-9-16(12(11)2)22-18-23-24-19(29-18)28-13(3)17(25)21-14-7-5-8-15(10-14)30(20,26)27/h4-10,13H,1-3H3,(H,21,25)(H,22,23)(H2,20,26,27). The van der Waals surface area contributed by atoms with Gasteiger partial charge in [0, 0.05) is 11.4 Å². The number of carbonyl (C=O) groups excluding carboxylic acids is 1. The molecule has 0 saturated heterocycles. The molecule has 0 bridgehead atoms. The molecule has 0 fully saturated rings. The summed E-state index contributed by atoms with van der Waals surface area (Å²) in [7, 11) is -3.84. The van der Waals surface area contributed by atoms with E-state index < -0.39 is 15.3 Å². The van der Waals surface area contributed by atoms with Crippen LogP contribution in [0.5, 0.6) is 0 Å².